The van der Waals surface area contributed by atoms with Gasteiger partial charge in [0.25, 0.3) is 0 Å². The van der Waals surface area contributed by atoms with Crippen LogP contribution in [-0.2, 0) is 11.3 Å². The quantitative estimate of drug-likeness (QED) is 0.643. The van der Waals surface area contributed by atoms with Gasteiger partial charge in [0, 0.05) is 19.7 Å². The predicted molar refractivity (Wildman–Crippen MR) is 80.7 cm³/mol. The van der Waals surface area contributed by atoms with Crippen LogP contribution in [0, 0.1) is 0 Å². The highest BCUT2D eigenvalue weighted by Crippen LogP contribution is 2.23. The summed E-state index contributed by atoms with van der Waals surface area (Å²) in [5.74, 6) is 0.866. The number of hydrogen-bond acceptors (Lipinski definition) is 3. The lowest BCUT2D eigenvalue weighted by atomic mass is 10.0. The average Bonchev–Trinajstić information content (AvgIpc) is 3.05. The molecule has 2 N–H and O–H groups in total. The molecule has 4 nitrogen and oxygen atoms in total. The molecule has 1 aliphatic rings. The van der Waals surface area contributed by atoms with Gasteiger partial charge < -0.3 is 15.4 Å². The number of guanidine groups is 1. The summed E-state index contributed by atoms with van der Waals surface area (Å²) >= 11 is 1.71. The minimum Gasteiger partial charge on any atom is -0.373 e. The lowest BCUT2D eigenvalue weighted by Gasteiger charge is -2.24. The molecule has 0 aromatic carbocycles. The Balaban J connectivity index is 1.86. The summed E-state index contributed by atoms with van der Waals surface area (Å²) < 4.78 is 5.78. The van der Waals surface area contributed by atoms with Crippen molar-refractivity contribution < 1.29 is 4.74 Å². The smallest absolute Gasteiger partial charge is 0.191 e. The highest BCUT2D eigenvalue weighted by Gasteiger charge is 2.29. The molecule has 0 spiro atoms. The molecule has 1 unspecified atom stereocenters. The van der Waals surface area contributed by atoms with Gasteiger partial charge >= 0.3 is 0 Å². The predicted octanol–water partition coefficient (Wildman–Crippen LogP) is 2.37. The number of hydrogen-bond donors (Lipinski definition) is 2. The third kappa shape index (κ3) is 4.51. The average molecular weight is 281 g/mol. The molecule has 1 aromatic rings. The van der Waals surface area contributed by atoms with Crippen LogP contribution in [0.2, 0.25) is 0 Å². The fraction of sp³-hybridized carbons (Fsp3) is 0.643. The second kappa shape index (κ2) is 6.91. The van der Waals surface area contributed by atoms with E-state index in [-0.39, 0.29) is 5.60 Å². The van der Waals surface area contributed by atoms with Crippen molar-refractivity contribution in [1.29, 1.82) is 0 Å². The van der Waals surface area contributed by atoms with Crippen molar-refractivity contribution in [2.75, 3.05) is 19.7 Å². The van der Waals surface area contributed by atoms with E-state index in [0.717, 1.165) is 45.0 Å². The van der Waals surface area contributed by atoms with Crippen LogP contribution in [0.1, 0.15) is 32.3 Å². The first-order valence-electron chi connectivity index (χ1n) is 6.89. The van der Waals surface area contributed by atoms with Crippen LogP contribution in [0.4, 0.5) is 0 Å². The number of ether oxygens (including phenoxy) is 1. The standard InChI is InChI=1S/C14H23N3OS/c1-3-15-13(16-9-12-5-8-19-10-12)17-11-14(2)6-4-7-18-14/h5,8,10H,3-4,6-7,9,11H2,1-2H3,(H2,15,16,17). The summed E-state index contributed by atoms with van der Waals surface area (Å²) in [6, 6.07) is 2.11. The maximum atomic E-state index is 5.78. The molecule has 1 aromatic heterocycles. The molecule has 1 aliphatic heterocycles. The Morgan fingerprint density at radius 1 is 1.53 bits per heavy atom. The number of thiophene rings is 1. The first-order valence-corrected chi connectivity index (χ1v) is 7.83. The molecule has 2 rings (SSSR count). The van der Waals surface area contributed by atoms with Crippen LogP contribution < -0.4 is 10.6 Å². The first-order chi connectivity index (χ1) is 9.22. The van der Waals surface area contributed by atoms with Gasteiger partial charge in [-0.3, -0.25) is 0 Å². The summed E-state index contributed by atoms with van der Waals surface area (Å²) in [7, 11) is 0. The van der Waals surface area contributed by atoms with Crippen molar-refractivity contribution in [1.82, 2.24) is 10.6 Å². The number of nitrogens with one attached hydrogen (secondary N) is 2. The van der Waals surface area contributed by atoms with Gasteiger partial charge in [-0.05, 0) is 49.1 Å². The van der Waals surface area contributed by atoms with Crippen LogP contribution in [-0.4, -0.2) is 31.3 Å². The topological polar surface area (TPSA) is 45.7 Å². The molecule has 1 saturated heterocycles. The molecule has 0 radical (unpaired) electrons. The molecule has 1 atom stereocenters. The fourth-order valence-electron chi connectivity index (χ4n) is 2.14. The maximum Gasteiger partial charge on any atom is 0.191 e. The van der Waals surface area contributed by atoms with Gasteiger partial charge in [-0.2, -0.15) is 11.3 Å². The van der Waals surface area contributed by atoms with Gasteiger partial charge in [-0.15, -0.1) is 0 Å². The van der Waals surface area contributed by atoms with E-state index in [2.05, 4.69) is 46.3 Å². The van der Waals surface area contributed by atoms with E-state index >= 15 is 0 Å². The fourth-order valence-corrected chi connectivity index (χ4v) is 2.80. The minimum absolute atomic E-state index is 0.0431. The Hall–Kier alpha value is -1.07. The second-order valence-corrected chi connectivity index (χ2v) is 5.86. The zero-order valence-corrected chi connectivity index (χ0v) is 12.6. The third-order valence-electron chi connectivity index (χ3n) is 3.27. The van der Waals surface area contributed by atoms with Gasteiger partial charge in [-0.25, -0.2) is 4.99 Å². The molecular formula is C14H23N3OS. The number of aliphatic imine (C=N–C) groups is 1. The Bertz CT molecular complexity index is 397. The second-order valence-electron chi connectivity index (χ2n) is 5.08. The van der Waals surface area contributed by atoms with Gasteiger partial charge in [0.15, 0.2) is 5.96 Å². The third-order valence-corrected chi connectivity index (χ3v) is 4.01. The molecule has 106 valence electrons. The zero-order chi connectivity index (χ0) is 13.6. The Morgan fingerprint density at radius 3 is 3.05 bits per heavy atom. The molecule has 19 heavy (non-hydrogen) atoms. The largest absolute Gasteiger partial charge is 0.373 e. The van der Waals surface area contributed by atoms with Crippen molar-refractivity contribution in [3.8, 4) is 0 Å². The lowest BCUT2D eigenvalue weighted by Crippen LogP contribution is -2.45. The Labute approximate surface area is 119 Å². The normalized spacial score (nSPS) is 23.6. The maximum absolute atomic E-state index is 5.78. The van der Waals surface area contributed by atoms with Gasteiger partial charge in [-0.1, -0.05) is 0 Å². The summed E-state index contributed by atoms with van der Waals surface area (Å²) in [5.41, 5.74) is 1.21. The Kier molecular flexibility index (Phi) is 5.22. The van der Waals surface area contributed by atoms with E-state index < -0.39 is 0 Å². The lowest BCUT2D eigenvalue weighted by molar-refractivity contribution is 0.0243. The first kappa shape index (κ1) is 14.3. The van der Waals surface area contributed by atoms with Crippen molar-refractivity contribution in [3.63, 3.8) is 0 Å². The monoisotopic (exact) mass is 281 g/mol. The summed E-state index contributed by atoms with van der Waals surface area (Å²) in [4.78, 5) is 4.59. The number of rotatable bonds is 5. The highest BCUT2D eigenvalue weighted by molar-refractivity contribution is 7.07. The summed E-state index contributed by atoms with van der Waals surface area (Å²) in [6.07, 6.45) is 2.27. The van der Waals surface area contributed by atoms with Crippen molar-refractivity contribution in [2.24, 2.45) is 4.99 Å². The van der Waals surface area contributed by atoms with Crippen LogP contribution in [0.25, 0.3) is 0 Å². The van der Waals surface area contributed by atoms with Gasteiger partial charge in [0.05, 0.1) is 12.1 Å². The molecule has 0 saturated carbocycles. The molecule has 0 aliphatic carbocycles. The molecule has 0 amide bonds. The molecule has 5 heteroatoms. The summed E-state index contributed by atoms with van der Waals surface area (Å²) in [5, 5.41) is 10.9. The molecule has 0 bridgehead atoms. The van der Waals surface area contributed by atoms with E-state index in [1.54, 1.807) is 11.3 Å². The highest BCUT2D eigenvalue weighted by atomic mass is 32.1. The van der Waals surface area contributed by atoms with E-state index in [1.807, 2.05) is 0 Å². The zero-order valence-electron chi connectivity index (χ0n) is 11.7. The van der Waals surface area contributed by atoms with Crippen molar-refractivity contribution >= 4 is 17.3 Å². The van der Waals surface area contributed by atoms with E-state index in [4.69, 9.17) is 4.74 Å². The van der Waals surface area contributed by atoms with E-state index in [9.17, 15) is 0 Å². The van der Waals surface area contributed by atoms with Gasteiger partial charge in [0.1, 0.15) is 0 Å². The molecule has 1 fully saturated rings. The summed E-state index contributed by atoms with van der Waals surface area (Å²) in [6.45, 7) is 7.51. The van der Waals surface area contributed by atoms with E-state index in [0.29, 0.717) is 0 Å². The molecule has 2 heterocycles. The molecular weight excluding hydrogens is 258 g/mol. The Morgan fingerprint density at radius 2 is 2.42 bits per heavy atom. The van der Waals surface area contributed by atoms with Gasteiger partial charge in [0.2, 0.25) is 0 Å². The number of nitrogens with zero attached hydrogens (tertiary/aromatic N) is 1. The minimum atomic E-state index is -0.0431. The van der Waals surface area contributed by atoms with E-state index in [1.165, 1.54) is 5.56 Å². The SMILES string of the molecule is CCNC(=NCc1ccsc1)NCC1(C)CCCO1. The van der Waals surface area contributed by atoms with Crippen LogP contribution in [0.3, 0.4) is 0 Å². The van der Waals surface area contributed by atoms with Crippen LogP contribution in [0.5, 0.6) is 0 Å². The van der Waals surface area contributed by atoms with Crippen LogP contribution >= 0.6 is 11.3 Å². The van der Waals surface area contributed by atoms with Crippen molar-refractivity contribution in [3.05, 3.63) is 22.4 Å². The van der Waals surface area contributed by atoms with Crippen molar-refractivity contribution in [2.45, 2.75) is 38.8 Å². The van der Waals surface area contributed by atoms with Crippen LogP contribution in [0.15, 0.2) is 21.8 Å².